The molecule has 0 aromatic heterocycles. The van der Waals surface area contributed by atoms with Crippen molar-refractivity contribution >= 4 is 17.4 Å². The van der Waals surface area contributed by atoms with Gasteiger partial charge in [0.25, 0.3) is 5.76 Å². The molecule has 0 amide bonds. The first-order valence-electron chi connectivity index (χ1n) is 6.38. The van der Waals surface area contributed by atoms with Crippen molar-refractivity contribution in [2.75, 3.05) is 12.1 Å². The minimum Gasteiger partial charge on any atom is -0.454 e. The summed E-state index contributed by atoms with van der Waals surface area (Å²) < 4.78 is 35.6. The fraction of sp³-hybridized carbons (Fsp3) is 0.200. The van der Waals surface area contributed by atoms with Crippen molar-refractivity contribution in [3.05, 3.63) is 48.0 Å². The molecule has 1 aliphatic heterocycles. The van der Waals surface area contributed by atoms with Crippen LogP contribution in [0, 0.1) is 0 Å². The summed E-state index contributed by atoms with van der Waals surface area (Å²) in [7, 11) is 0. The lowest BCUT2D eigenvalue weighted by atomic mass is 10.2. The number of alkyl halides is 2. The number of anilines is 1. The molecule has 1 N–H and O–H groups in total. The molecule has 1 aliphatic rings. The number of benzene rings is 2. The van der Waals surface area contributed by atoms with Crippen LogP contribution in [0.2, 0.25) is 0 Å². The van der Waals surface area contributed by atoms with Gasteiger partial charge in [-0.1, -0.05) is 30.0 Å². The van der Waals surface area contributed by atoms with Crippen LogP contribution in [0.15, 0.2) is 47.4 Å². The van der Waals surface area contributed by atoms with Gasteiger partial charge < -0.3 is 14.8 Å². The van der Waals surface area contributed by atoms with E-state index < -0.39 is 5.76 Å². The van der Waals surface area contributed by atoms with Gasteiger partial charge in [0.15, 0.2) is 11.5 Å². The van der Waals surface area contributed by atoms with Crippen molar-refractivity contribution in [3.8, 4) is 11.5 Å². The van der Waals surface area contributed by atoms with E-state index in [9.17, 15) is 8.78 Å². The van der Waals surface area contributed by atoms with Crippen LogP contribution in [0.25, 0.3) is 0 Å². The molecule has 3 rings (SSSR count). The Kier molecular flexibility index (Phi) is 4.15. The second-order valence-corrected chi connectivity index (χ2v) is 5.45. The van der Waals surface area contributed by atoms with E-state index in [0.29, 0.717) is 34.6 Å². The Hall–Kier alpha value is -1.95. The molecule has 2 aromatic rings. The van der Waals surface area contributed by atoms with Crippen LogP contribution >= 0.6 is 11.8 Å². The van der Waals surface area contributed by atoms with E-state index in [1.54, 1.807) is 18.2 Å². The first kappa shape index (κ1) is 14.0. The first-order valence-corrected chi connectivity index (χ1v) is 7.26. The van der Waals surface area contributed by atoms with Crippen LogP contribution in [-0.2, 0) is 6.54 Å². The molecule has 0 bridgehead atoms. The third-order valence-electron chi connectivity index (χ3n) is 3.02. The quantitative estimate of drug-likeness (QED) is 0.832. The van der Waals surface area contributed by atoms with Crippen molar-refractivity contribution < 1.29 is 18.3 Å². The van der Waals surface area contributed by atoms with E-state index in [2.05, 4.69) is 5.32 Å². The second-order valence-electron chi connectivity index (χ2n) is 4.42. The predicted molar refractivity (Wildman–Crippen MR) is 78.2 cm³/mol. The maximum Gasteiger partial charge on any atom is 0.288 e. The molecule has 21 heavy (non-hydrogen) atoms. The molecule has 6 heteroatoms. The van der Waals surface area contributed by atoms with Crippen LogP contribution in [-0.4, -0.2) is 12.6 Å². The van der Waals surface area contributed by atoms with Crippen LogP contribution < -0.4 is 14.8 Å². The minimum atomic E-state index is -2.43. The zero-order chi connectivity index (χ0) is 14.7. The number of para-hydroxylation sites is 1. The molecule has 110 valence electrons. The van der Waals surface area contributed by atoms with Gasteiger partial charge in [0.2, 0.25) is 6.79 Å². The predicted octanol–water partition coefficient (Wildman–Crippen LogP) is 4.34. The maximum atomic E-state index is 12.5. The summed E-state index contributed by atoms with van der Waals surface area (Å²) in [5.74, 6) is -0.990. The molecule has 2 aromatic carbocycles. The van der Waals surface area contributed by atoms with Crippen LogP contribution in [0.4, 0.5) is 14.5 Å². The Labute approximate surface area is 125 Å². The highest BCUT2D eigenvalue weighted by Crippen LogP contribution is 2.34. The van der Waals surface area contributed by atoms with Gasteiger partial charge in [-0.25, -0.2) is 0 Å². The molecule has 0 atom stereocenters. The average Bonchev–Trinajstić information content (AvgIpc) is 2.93. The molecule has 0 saturated carbocycles. The molecular weight excluding hydrogens is 296 g/mol. The lowest BCUT2D eigenvalue weighted by Crippen LogP contribution is -2.01. The van der Waals surface area contributed by atoms with Gasteiger partial charge in [-0.15, -0.1) is 0 Å². The van der Waals surface area contributed by atoms with Crippen LogP contribution in [0.3, 0.4) is 0 Å². The normalized spacial score (nSPS) is 12.7. The fourth-order valence-electron chi connectivity index (χ4n) is 2.06. The number of nitrogens with one attached hydrogen (secondary N) is 1. The summed E-state index contributed by atoms with van der Waals surface area (Å²) >= 11 is 0.540. The molecule has 0 radical (unpaired) electrons. The van der Waals surface area contributed by atoms with E-state index in [4.69, 9.17) is 9.47 Å². The second kappa shape index (κ2) is 6.22. The zero-order valence-corrected chi connectivity index (χ0v) is 11.8. The monoisotopic (exact) mass is 309 g/mol. The Morgan fingerprint density at radius 1 is 1.10 bits per heavy atom. The molecule has 0 aliphatic carbocycles. The number of hydrogen-bond donors (Lipinski definition) is 1. The van der Waals surface area contributed by atoms with E-state index in [1.807, 2.05) is 24.3 Å². The van der Waals surface area contributed by atoms with Gasteiger partial charge in [0, 0.05) is 17.1 Å². The smallest absolute Gasteiger partial charge is 0.288 e. The summed E-state index contributed by atoms with van der Waals surface area (Å²) in [6, 6.07) is 12.7. The molecule has 1 heterocycles. The van der Waals surface area contributed by atoms with Gasteiger partial charge in [0.05, 0.1) is 0 Å². The summed E-state index contributed by atoms with van der Waals surface area (Å²) in [6.07, 6.45) is 0. The van der Waals surface area contributed by atoms with Gasteiger partial charge in [-0.2, -0.15) is 8.78 Å². The summed E-state index contributed by atoms with van der Waals surface area (Å²) in [6.45, 7) is 0.761. The lowest BCUT2D eigenvalue weighted by Gasteiger charge is -2.11. The maximum absolute atomic E-state index is 12.5. The SMILES string of the molecule is FC(F)Sc1ccccc1NCc1ccc2c(c1)OCO2. The fourth-order valence-corrected chi connectivity index (χ4v) is 2.68. The number of thioether (sulfide) groups is 1. The number of fused-ring (bicyclic) bond motifs is 1. The van der Waals surface area contributed by atoms with Gasteiger partial charge >= 0.3 is 0 Å². The highest BCUT2D eigenvalue weighted by atomic mass is 32.2. The number of halogens is 2. The largest absolute Gasteiger partial charge is 0.454 e. The minimum absolute atomic E-state index is 0.236. The molecule has 0 unspecified atom stereocenters. The van der Waals surface area contributed by atoms with Gasteiger partial charge in [0.1, 0.15) is 0 Å². The Balaban J connectivity index is 1.70. The van der Waals surface area contributed by atoms with Gasteiger partial charge in [-0.05, 0) is 29.8 Å². The first-order chi connectivity index (χ1) is 10.2. The zero-order valence-electron chi connectivity index (χ0n) is 11.0. The molecule has 3 nitrogen and oxygen atoms in total. The van der Waals surface area contributed by atoms with Crippen molar-refractivity contribution in [2.45, 2.75) is 17.2 Å². The van der Waals surface area contributed by atoms with Crippen LogP contribution in [0.1, 0.15) is 5.56 Å². The van der Waals surface area contributed by atoms with Gasteiger partial charge in [-0.3, -0.25) is 0 Å². The Bertz CT molecular complexity index is 637. The third kappa shape index (κ3) is 3.39. The van der Waals surface area contributed by atoms with Crippen molar-refractivity contribution in [1.29, 1.82) is 0 Å². The Morgan fingerprint density at radius 2 is 1.90 bits per heavy atom. The molecule has 0 saturated heterocycles. The lowest BCUT2D eigenvalue weighted by molar-refractivity contribution is 0.174. The van der Waals surface area contributed by atoms with E-state index in [1.165, 1.54) is 0 Å². The average molecular weight is 309 g/mol. The van der Waals surface area contributed by atoms with Crippen molar-refractivity contribution in [2.24, 2.45) is 0 Å². The summed E-state index contributed by atoms with van der Waals surface area (Å²) in [5, 5.41) is 3.18. The molecular formula is C15H13F2NO2S. The number of rotatable bonds is 5. The van der Waals surface area contributed by atoms with E-state index in [-0.39, 0.29) is 6.79 Å². The van der Waals surface area contributed by atoms with Crippen molar-refractivity contribution in [1.82, 2.24) is 0 Å². The summed E-state index contributed by atoms with van der Waals surface area (Å²) in [5.41, 5.74) is 1.69. The molecule has 0 spiro atoms. The third-order valence-corrected chi connectivity index (χ3v) is 3.81. The standard InChI is InChI=1S/C15H13F2NO2S/c16-15(17)21-14-4-2-1-3-11(14)18-8-10-5-6-12-13(7-10)20-9-19-12/h1-7,15,18H,8-9H2. The Morgan fingerprint density at radius 3 is 2.76 bits per heavy atom. The van der Waals surface area contributed by atoms with Crippen molar-refractivity contribution in [3.63, 3.8) is 0 Å². The van der Waals surface area contributed by atoms with E-state index >= 15 is 0 Å². The van der Waals surface area contributed by atoms with E-state index in [0.717, 1.165) is 11.3 Å². The number of hydrogen-bond acceptors (Lipinski definition) is 4. The van der Waals surface area contributed by atoms with Crippen LogP contribution in [0.5, 0.6) is 11.5 Å². The highest BCUT2D eigenvalue weighted by molar-refractivity contribution is 7.99. The molecule has 0 fully saturated rings. The number of ether oxygens (including phenoxy) is 2. The summed E-state index contributed by atoms with van der Waals surface area (Å²) in [4.78, 5) is 0.535. The topological polar surface area (TPSA) is 30.5 Å². The highest BCUT2D eigenvalue weighted by Gasteiger charge is 2.13.